The van der Waals surface area contributed by atoms with Crippen molar-refractivity contribution in [2.45, 2.75) is 6.92 Å². The van der Waals surface area contributed by atoms with Crippen LogP contribution in [0.15, 0.2) is 12.2 Å². The van der Waals surface area contributed by atoms with Crippen LogP contribution in [0.25, 0.3) is 0 Å². The molecule has 3 heteroatoms. The Morgan fingerprint density at radius 1 is 1.71 bits per heavy atom. The first-order chi connectivity index (χ1) is 2.64. The number of aliphatic carboxylic acids is 1. The van der Waals surface area contributed by atoms with Gasteiger partial charge in [-0.15, -0.1) is 0 Å². The van der Waals surface area contributed by atoms with Crippen LogP contribution in [0.3, 0.4) is 0 Å². The van der Waals surface area contributed by atoms with Crippen molar-refractivity contribution in [2.75, 3.05) is 0 Å². The molecule has 0 aromatic rings. The number of carbonyl (C=O) groups is 1. The van der Waals surface area contributed by atoms with Crippen molar-refractivity contribution in [3.8, 4) is 0 Å². The summed E-state index contributed by atoms with van der Waals surface area (Å²) in [7, 11) is 0. The van der Waals surface area contributed by atoms with Crippen LogP contribution in [-0.4, -0.2) is 38.4 Å². The summed E-state index contributed by atoms with van der Waals surface area (Å²) in [6, 6.07) is 0. The van der Waals surface area contributed by atoms with E-state index in [2.05, 4.69) is 6.58 Å². The molecule has 1 N–H and O–H groups in total. The third-order valence-electron chi connectivity index (χ3n) is 0.365. The number of rotatable bonds is 1. The SMILES string of the molecule is C=C(C)C(=O)O.[PbH4]. The number of hydrogen-bond donors (Lipinski definition) is 1. The molecule has 0 saturated carbocycles. The van der Waals surface area contributed by atoms with E-state index in [-0.39, 0.29) is 32.9 Å². The zero-order valence-corrected chi connectivity index (χ0v) is 3.56. The van der Waals surface area contributed by atoms with Gasteiger partial charge in [0, 0.05) is 5.57 Å². The van der Waals surface area contributed by atoms with E-state index in [9.17, 15) is 4.79 Å². The van der Waals surface area contributed by atoms with Gasteiger partial charge >= 0.3 is 33.3 Å². The molecule has 42 valence electrons. The van der Waals surface area contributed by atoms with Gasteiger partial charge in [-0.1, -0.05) is 6.58 Å². The fraction of sp³-hybridized carbons (Fsp3) is 0.250. The third kappa shape index (κ3) is 6.13. The van der Waals surface area contributed by atoms with Gasteiger partial charge in [0.15, 0.2) is 0 Å². The molecular formula is C4H10O2Pb. The molecule has 0 aromatic carbocycles. The summed E-state index contributed by atoms with van der Waals surface area (Å²) in [5, 5.41) is 7.89. The summed E-state index contributed by atoms with van der Waals surface area (Å²) in [6.07, 6.45) is 0. The van der Waals surface area contributed by atoms with E-state index in [1.54, 1.807) is 0 Å². The molecule has 0 aliphatic carbocycles. The second-order valence-electron chi connectivity index (χ2n) is 1.09. The molecule has 0 radical (unpaired) electrons. The molecule has 0 bridgehead atoms. The summed E-state index contributed by atoms with van der Waals surface area (Å²) in [4.78, 5) is 9.60. The topological polar surface area (TPSA) is 37.3 Å². The molecule has 0 amide bonds. The Kier molecular flexibility index (Phi) is 6.25. The number of carboxylic acid groups (broad SMARTS) is 1. The van der Waals surface area contributed by atoms with Gasteiger partial charge in [0.1, 0.15) is 0 Å². The summed E-state index contributed by atoms with van der Waals surface area (Å²) < 4.78 is 0. The average molecular weight is 297 g/mol. The Morgan fingerprint density at radius 3 is 1.86 bits per heavy atom. The Balaban J connectivity index is 0. The number of hydrogen-bond acceptors (Lipinski definition) is 1. The van der Waals surface area contributed by atoms with Crippen molar-refractivity contribution < 1.29 is 9.90 Å². The Bertz CT molecular complexity index is 75.7. The second-order valence-corrected chi connectivity index (χ2v) is 1.09. The van der Waals surface area contributed by atoms with Crippen molar-refractivity contribution in [1.29, 1.82) is 0 Å². The first-order valence-electron chi connectivity index (χ1n) is 1.53. The zero-order valence-electron chi connectivity index (χ0n) is 3.56. The van der Waals surface area contributed by atoms with Crippen LogP contribution in [0.5, 0.6) is 0 Å². The van der Waals surface area contributed by atoms with Crippen molar-refractivity contribution >= 4 is 33.3 Å². The molecular weight excluding hydrogens is 287 g/mol. The van der Waals surface area contributed by atoms with Gasteiger partial charge in [-0.25, -0.2) is 4.79 Å². The van der Waals surface area contributed by atoms with Crippen LogP contribution in [0.1, 0.15) is 6.92 Å². The Hall–Kier alpha value is 0.132. The van der Waals surface area contributed by atoms with Crippen LogP contribution < -0.4 is 0 Å². The maximum absolute atomic E-state index is 9.60. The molecule has 2 nitrogen and oxygen atoms in total. The van der Waals surface area contributed by atoms with E-state index in [0.29, 0.717) is 0 Å². The third-order valence-corrected chi connectivity index (χ3v) is 0.365. The Labute approximate surface area is 62.4 Å². The second kappa shape index (κ2) is 4.30. The normalized spacial score (nSPS) is 6.43. The van der Waals surface area contributed by atoms with Crippen LogP contribution >= 0.6 is 0 Å². The van der Waals surface area contributed by atoms with E-state index < -0.39 is 5.97 Å². The standard InChI is InChI=1S/C4H6O2.Pb.4H/c1-3(2)4(5)6;;;;;/h1H2,2H3,(H,5,6);;;;;. The fourth-order valence-electron chi connectivity index (χ4n) is 0. The van der Waals surface area contributed by atoms with Gasteiger partial charge in [0.25, 0.3) is 0 Å². The molecule has 0 atom stereocenters. The van der Waals surface area contributed by atoms with E-state index in [1.807, 2.05) is 0 Å². The van der Waals surface area contributed by atoms with Crippen molar-refractivity contribution in [2.24, 2.45) is 0 Å². The average Bonchev–Trinajstić information content (AvgIpc) is 1.36. The van der Waals surface area contributed by atoms with Gasteiger partial charge in [0.05, 0.1) is 0 Å². The van der Waals surface area contributed by atoms with Gasteiger partial charge < -0.3 is 5.11 Å². The van der Waals surface area contributed by atoms with Crippen LogP contribution in [0, 0.1) is 0 Å². The van der Waals surface area contributed by atoms with Crippen molar-refractivity contribution in [3.63, 3.8) is 0 Å². The van der Waals surface area contributed by atoms with Crippen molar-refractivity contribution in [3.05, 3.63) is 12.2 Å². The molecule has 0 aromatic heterocycles. The monoisotopic (exact) mass is 298 g/mol. The van der Waals surface area contributed by atoms with Gasteiger partial charge in [-0.2, -0.15) is 0 Å². The van der Waals surface area contributed by atoms with Gasteiger partial charge in [-0.05, 0) is 6.92 Å². The van der Waals surface area contributed by atoms with E-state index in [4.69, 9.17) is 5.11 Å². The van der Waals surface area contributed by atoms with Gasteiger partial charge in [0.2, 0.25) is 0 Å². The van der Waals surface area contributed by atoms with Crippen molar-refractivity contribution in [1.82, 2.24) is 0 Å². The first-order valence-corrected chi connectivity index (χ1v) is 1.53. The van der Waals surface area contributed by atoms with E-state index >= 15 is 0 Å². The maximum atomic E-state index is 9.60. The summed E-state index contributed by atoms with van der Waals surface area (Å²) in [5.41, 5.74) is 0.176. The quantitative estimate of drug-likeness (QED) is 0.508. The Morgan fingerprint density at radius 2 is 1.86 bits per heavy atom. The molecule has 0 aliphatic rings. The molecule has 0 heterocycles. The molecule has 0 unspecified atom stereocenters. The van der Waals surface area contributed by atoms with Crippen LogP contribution in [0.4, 0.5) is 0 Å². The zero-order chi connectivity index (χ0) is 5.15. The summed E-state index contributed by atoms with van der Waals surface area (Å²) in [5.74, 6) is -0.935. The summed E-state index contributed by atoms with van der Waals surface area (Å²) >= 11 is 0. The molecule has 0 spiro atoms. The molecule has 0 aliphatic heterocycles. The van der Waals surface area contributed by atoms with Gasteiger partial charge in [-0.3, -0.25) is 0 Å². The number of carboxylic acids is 1. The van der Waals surface area contributed by atoms with Crippen LogP contribution in [0.2, 0.25) is 0 Å². The summed E-state index contributed by atoms with van der Waals surface area (Å²) in [6.45, 7) is 4.60. The molecule has 0 fully saturated rings. The van der Waals surface area contributed by atoms with E-state index in [1.165, 1.54) is 6.92 Å². The van der Waals surface area contributed by atoms with E-state index in [0.717, 1.165) is 0 Å². The predicted octanol–water partition coefficient (Wildman–Crippen LogP) is -0.804. The van der Waals surface area contributed by atoms with Crippen LogP contribution in [-0.2, 0) is 4.79 Å². The minimum atomic E-state index is -0.935. The first kappa shape index (κ1) is 10.2. The molecule has 7 heavy (non-hydrogen) atoms. The minimum absolute atomic E-state index is 0. The fourth-order valence-corrected chi connectivity index (χ4v) is 0. The molecule has 0 saturated heterocycles. The predicted molar refractivity (Wildman–Crippen MR) is 33.8 cm³/mol. The molecule has 0 rings (SSSR count).